The smallest absolute Gasteiger partial charge is 0.192 e. The number of carbonyl (C=O) groups excluding carboxylic acids is 1. The zero-order chi connectivity index (χ0) is 67.8. The lowest BCUT2D eigenvalue weighted by molar-refractivity contribution is -0.347. The summed E-state index contributed by atoms with van der Waals surface area (Å²) in [5, 5.41) is 12.5. The first-order valence-corrected chi connectivity index (χ1v) is 46.7. The van der Waals surface area contributed by atoms with Gasteiger partial charge in [-0.3, -0.25) is 4.79 Å². The SMILES string of the molecule is C=C(C[C@H]1C[C@](C)(O[Si](CC)(CC)CC)C[C@@]2(C[C@@H](O[Si](CC)(CC)CC)C[C@H](CCO[Si](C)(C)C(C)(C)C)O2)O1)[C@@H](C)[C@H](O)[C@H](C)C(=O)C[C@@H]1C[C@H](OC)C[C@@]2(C[C@@H](O[Si](C)(C)C(C)(C)C)C[C@H](COC(c3ccccc3)(c3ccccc3)c3ccccc3)O2)O1. The Morgan fingerprint density at radius 1 is 0.587 bits per heavy atom. The van der Waals surface area contributed by atoms with Crippen molar-refractivity contribution in [2.45, 2.75) is 319 Å². The Hall–Kier alpha value is -2.50. The van der Waals surface area contributed by atoms with E-state index in [1.165, 1.54) is 0 Å². The Morgan fingerprint density at radius 3 is 1.53 bits per heavy atom. The predicted octanol–water partition coefficient (Wildman–Crippen LogP) is 18.6. The van der Waals surface area contributed by atoms with E-state index in [0.29, 0.717) is 58.0 Å². The second-order valence-corrected chi connectivity index (χ2v) is 50.7. The van der Waals surface area contributed by atoms with Crippen LogP contribution < -0.4 is 0 Å². The third-order valence-corrected chi connectivity index (χ3v) is 41.8. The molecule has 0 amide bonds. The molecule has 3 aromatic rings. The summed E-state index contributed by atoms with van der Waals surface area (Å²) < 4.78 is 72.5. The van der Waals surface area contributed by atoms with Gasteiger partial charge >= 0.3 is 0 Å². The van der Waals surface area contributed by atoms with Crippen molar-refractivity contribution in [2.75, 3.05) is 20.3 Å². The second-order valence-electron chi connectivity index (χ2n) is 31.7. The fraction of sp³-hybridized carbons (Fsp3) is 0.724. The third kappa shape index (κ3) is 18.4. The van der Waals surface area contributed by atoms with Crippen molar-refractivity contribution in [1.82, 2.24) is 0 Å². The van der Waals surface area contributed by atoms with Crippen molar-refractivity contribution in [1.29, 1.82) is 0 Å². The van der Waals surface area contributed by atoms with Gasteiger partial charge in [0.25, 0.3) is 0 Å². The van der Waals surface area contributed by atoms with Crippen LogP contribution in [0.1, 0.15) is 191 Å². The lowest BCUT2D eigenvalue weighted by Crippen LogP contribution is -2.61. The van der Waals surface area contributed by atoms with Gasteiger partial charge in [0.05, 0.1) is 61.0 Å². The number of hydrogen-bond donors (Lipinski definition) is 1. The molecule has 0 radical (unpaired) electrons. The van der Waals surface area contributed by atoms with Gasteiger partial charge < -0.3 is 51.2 Å². The van der Waals surface area contributed by atoms with Crippen LogP contribution in [0.2, 0.25) is 72.5 Å². The first kappa shape index (κ1) is 76.9. The molecule has 518 valence electrons. The molecule has 4 saturated heterocycles. The van der Waals surface area contributed by atoms with E-state index >= 15 is 0 Å². The lowest BCUT2D eigenvalue weighted by Gasteiger charge is -2.56. The van der Waals surface area contributed by atoms with Crippen molar-refractivity contribution in [3.63, 3.8) is 0 Å². The Kier molecular flexibility index (Phi) is 26.4. The van der Waals surface area contributed by atoms with Crippen LogP contribution in [0.4, 0.5) is 0 Å². The van der Waals surface area contributed by atoms with E-state index in [4.69, 9.17) is 52.7 Å². The number of methoxy groups -OCH3 is 1. The average molecular weight is 1340 g/mol. The van der Waals surface area contributed by atoms with Crippen LogP contribution in [0, 0.1) is 11.8 Å². The highest BCUT2D eigenvalue weighted by Crippen LogP contribution is 2.52. The van der Waals surface area contributed by atoms with Gasteiger partial charge in [-0.05, 0) is 115 Å². The van der Waals surface area contributed by atoms with Gasteiger partial charge in [0.1, 0.15) is 11.4 Å². The molecule has 1 N–H and O–H groups in total. The molecule has 12 nitrogen and oxygen atoms in total. The van der Waals surface area contributed by atoms with E-state index in [2.05, 4.69) is 189 Å². The Morgan fingerprint density at radius 2 is 1.03 bits per heavy atom. The summed E-state index contributed by atoms with van der Waals surface area (Å²) in [4.78, 5) is 14.9. The molecular weight excluding hydrogens is 1220 g/mol. The summed E-state index contributed by atoms with van der Waals surface area (Å²) in [5.74, 6) is -3.32. The Balaban J connectivity index is 1.12. The summed E-state index contributed by atoms with van der Waals surface area (Å²) in [6.07, 6.45) is 3.16. The molecule has 7 rings (SSSR count). The topological polar surface area (TPSA) is 130 Å². The molecule has 4 fully saturated rings. The molecule has 4 aliphatic rings. The molecule has 4 heterocycles. The monoisotopic (exact) mass is 1340 g/mol. The molecule has 0 aromatic heterocycles. The predicted molar refractivity (Wildman–Crippen MR) is 384 cm³/mol. The molecule has 16 heteroatoms. The second kappa shape index (κ2) is 31.6. The van der Waals surface area contributed by atoms with Crippen LogP contribution >= 0.6 is 0 Å². The molecule has 92 heavy (non-hydrogen) atoms. The van der Waals surface area contributed by atoms with Crippen LogP contribution in [0.3, 0.4) is 0 Å². The van der Waals surface area contributed by atoms with Gasteiger partial charge in [-0.2, -0.15) is 0 Å². The standard InChI is InChI=1S/C76H126O12Si4/c1-22-91(23-2,24-3)87-67-46-62(43-44-81-89(18,19)71(10,11)12)82-75(53-67)55-73(16,88-92(25-4,26-5)27-6)50-65(84-75)45-56(7)57(8)70(78)58(9)69(77)49-63-47-64(79-17)51-74(83-63)52-66(86-90(20,21)72(13,14)15)48-68(85-74)54-80-76(59-37-31-28-32-38-59,60-39-33-29-34-40-60)61-41-35-30-36-42-61/h28-42,57-58,62-68,70,78H,7,22-27,43-55H2,1-6,8-21H3/t57-,58-,62+,63+,64+,65+,66+,67+,68-,70+,73+,74-,75-/m1/s1. The Labute approximate surface area is 562 Å². The van der Waals surface area contributed by atoms with Crippen LogP contribution in [0.15, 0.2) is 103 Å². The maximum atomic E-state index is 14.9. The van der Waals surface area contributed by atoms with Crippen molar-refractivity contribution in [3.05, 3.63) is 120 Å². The van der Waals surface area contributed by atoms with Gasteiger partial charge in [-0.25, -0.2) is 0 Å². The zero-order valence-electron chi connectivity index (χ0n) is 61.0. The van der Waals surface area contributed by atoms with Crippen molar-refractivity contribution >= 4 is 39.1 Å². The maximum absolute atomic E-state index is 14.9. The van der Waals surface area contributed by atoms with Crippen molar-refractivity contribution in [2.24, 2.45) is 11.8 Å². The highest BCUT2D eigenvalue weighted by molar-refractivity contribution is 6.75. The third-order valence-electron chi connectivity index (χ3n) is 23.2. The van der Waals surface area contributed by atoms with Crippen molar-refractivity contribution in [3.8, 4) is 0 Å². The van der Waals surface area contributed by atoms with Crippen LogP contribution in [-0.4, -0.2) is 130 Å². The summed E-state index contributed by atoms with van der Waals surface area (Å²) in [5.41, 5.74) is 2.36. The van der Waals surface area contributed by atoms with Gasteiger partial charge in [-0.15, -0.1) is 0 Å². The fourth-order valence-corrected chi connectivity index (χ4v) is 23.5. The molecule has 0 saturated carbocycles. The highest BCUT2D eigenvalue weighted by Gasteiger charge is 2.57. The minimum atomic E-state index is -2.31. The van der Waals surface area contributed by atoms with Gasteiger partial charge in [-0.1, -0.05) is 200 Å². The van der Waals surface area contributed by atoms with Crippen LogP contribution in [0.5, 0.6) is 0 Å². The van der Waals surface area contributed by atoms with E-state index in [0.717, 1.165) is 71.4 Å². The van der Waals surface area contributed by atoms with E-state index in [9.17, 15) is 9.90 Å². The van der Waals surface area contributed by atoms with Crippen LogP contribution in [-0.2, 0) is 56.5 Å². The Bertz CT molecular complexity index is 2650. The minimum absolute atomic E-state index is 0.0260. The van der Waals surface area contributed by atoms with E-state index in [1.807, 2.05) is 32.0 Å². The van der Waals surface area contributed by atoms with E-state index in [-0.39, 0.29) is 59.4 Å². The van der Waals surface area contributed by atoms with Gasteiger partial charge in [0.2, 0.25) is 0 Å². The molecule has 13 atom stereocenters. The summed E-state index contributed by atoms with van der Waals surface area (Å²) in [7, 11) is -6.76. The number of aliphatic hydroxyl groups is 1. The molecule has 2 spiro atoms. The lowest BCUT2D eigenvalue weighted by atomic mass is 9.78. The number of hydrogen-bond acceptors (Lipinski definition) is 12. The molecule has 0 unspecified atom stereocenters. The molecule has 4 aliphatic heterocycles. The number of benzene rings is 3. The maximum Gasteiger partial charge on any atom is 0.192 e. The number of carbonyl (C=O) groups is 1. The van der Waals surface area contributed by atoms with E-state index in [1.54, 1.807) is 7.11 Å². The normalized spacial score (nSPS) is 28.2. The largest absolute Gasteiger partial charge is 0.417 e. The quantitative estimate of drug-likeness (QED) is 0.0374. The number of ketones is 1. The molecule has 3 aromatic carbocycles. The average Bonchev–Trinajstić information content (AvgIpc) is 0.767. The number of ether oxygens (including phenoxy) is 6. The van der Waals surface area contributed by atoms with E-state index < -0.39 is 86.2 Å². The molecular formula is C76H126O12Si4. The zero-order valence-corrected chi connectivity index (χ0v) is 65.0. The van der Waals surface area contributed by atoms with Gasteiger partial charge in [0.15, 0.2) is 44.8 Å². The first-order valence-electron chi connectivity index (χ1n) is 35.8. The van der Waals surface area contributed by atoms with Crippen LogP contribution in [0.25, 0.3) is 0 Å². The number of rotatable bonds is 31. The first-order chi connectivity index (χ1) is 43.2. The summed E-state index contributed by atoms with van der Waals surface area (Å²) in [6, 6.07) is 37.6. The summed E-state index contributed by atoms with van der Waals surface area (Å²) >= 11 is 0. The minimum Gasteiger partial charge on any atom is -0.417 e. The van der Waals surface area contributed by atoms with Gasteiger partial charge in [0, 0.05) is 76.9 Å². The fourth-order valence-electron chi connectivity index (χ4n) is 15.1. The molecule has 0 bridgehead atoms. The highest BCUT2D eigenvalue weighted by atomic mass is 28.4. The number of Topliss-reactive ketones (excluding diaryl/α,β-unsaturated/α-hetero) is 1. The molecule has 0 aliphatic carbocycles. The number of aliphatic hydroxyl groups excluding tert-OH is 1. The van der Waals surface area contributed by atoms with Crippen molar-refractivity contribution < 1.29 is 56.0 Å². The summed E-state index contributed by atoms with van der Waals surface area (Å²) in [6.45, 7) is 48.5.